The second-order valence-electron chi connectivity index (χ2n) is 1.92. The van der Waals surface area contributed by atoms with E-state index >= 15 is 0 Å². The van der Waals surface area contributed by atoms with Gasteiger partial charge in [0.1, 0.15) is 6.61 Å². The van der Waals surface area contributed by atoms with Gasteiger partial charge in [0, 0.05) is 6.42 Å². The highest BCUT2D eigenvalue weighted by Crippen LogP contribution is 1.87. The SMILES string of the molecule is CCC(=O)OCC(=O)OCCCl. The van der Waals surface area contributed by atoms with Gasteiger partial charge in [0.25, 0.3) is 0 Å². The molecule has 0 aliphatic carbocycles. The third kappa shape index (κ3) is 5.97. The van der Waals surface area contributed by atoms with E-state index in [-0.39, 0.29) is 25.5 Å². The summed E-state index contributed by atoms with van der Waals surface area (Å²) in [5.74, 6) is -0.747. The van der Waals surface area contributed by atoms with Gasteiger partial charge in [-0.1, -0.05) is 6.92 Å². The highest BCUT2D eigenvalue weighted by molar-refractivity contribution is 6.18. The Morgan fingerprint density at radius 1 is 1.25 bits per heavy atom. The monoisotopic (exact) mass is 194 g/mol. The Kier molecular flexibility index (Phi) is 6.47. The van der Waals surface area contributed by atoms with Crippen molar-refractivity contribution < 1.29 is 19.1 Å². The van der Waals surface area contributed by atoms with Crippen molar-refractivity contribution in [3.8, 4) is 0 Å². The zero-order chi connectivity index (χ0) is 9.40. The van der Waals surface area contributed by atoms with Gasteiger partial charge in [-0.05, 0) is 0 Å². The highest BCUT2D eigenvalue weighted by atomic mass is 35.5. The van der Waals surface area contributed by atoms with Crippen molar-refractivity contribution in [2.75, 3.05) is 19.1 Å². The molecule has 4 nitrogen and oxygen atoms in total. The summed E-state index contributed by atoms with van der Waals surface area (Å²) in [4.78, 5) is 21.2. The molecular formula is C7H11ClO4. The third-order valence-electron chi connectivity index (χ3n) is 0.980. The van der Waals surface area contributed by atoms with Crippen molar-refractivity contribution >= 4 is 23.5 Å². The van der Waals surface area contributed by atoms with E-state index in [1.165, 1.54) is 0 Å². The minimum absolute atomic E-state index is 0.143. The Morgan fingerprint density at radius 3 is 2.42 bits per heavy atom. The first-order valence-electron chi connectivity index (χ1n) is 3.58. The lowest BCUT2D eigenvalue weighted by Crippen LogP contribution is -2.16. The summed E-state index contributed by atoms with van der Waals surface area (Å²) in [5.41, 5.74) is 0. The summed E-state index contributed by atoms with van der Waals surface area (Å²) in [5, 5.41) is 0. The maximum atomic E-state index is 10.7. The van der Waals surface area contributed by atoms with Crippen LogP contribution in [-0.4, -0.2) is 31.0 Å². The van der Waals surface area contributed by atoms with E-state index < -0.39 is 11.9 Å². The second kappa shape index (κ2) is 6.91. The molecule has 0 aromatic rings. The Morgan fingerprint density at radius 2 is 1.92 bits per heavy atom. The van der Waals surface area contributed by atoms with Crippen LogP contribution in [0.3, 0.4) is 0 Å². The summed E-state index contributed by atoms with van der Waals surface area (Å²) >= 11 is 5.25. The van der Waals surface area contributed by atoms with Gasteiger partial charge in [0.2, 0.25) is 0 Å². The lowest BCUT2D eigenvalue weighted by atomic mass is 10.5. The molecule has 0 radical (unpaired) electrons. The van der Waals surface area contributed by atoms with Crippen molar-refractivity contribution in [3.63, 3.8) is 0 Å². The zero-order valence-corrected chi connectivity index (χ0v) is 7.60. The van der Waals surface area contributed by atoms with E-state index in [2.05, 4.69) is 9.47 Å². The number of rotatable bonds is 5. The molecule has 0 aromatic heterocycles. The molecule has 0 atom stereocenters. The van der Waals surface area contributed by atoms with Crippen LogP contribution in [0.15, 0.2) is 0 Å². The summed E-state index contributed by atoms with van der Waals surface area (Å²) in [6.45, 7) is 1.46. The van der Waals surface area contributed by atoms with Crippen LogP contribution in [0.2, 0.25) is 0 Å². The molecule has 0 heterocycles. The van der Waals surface area contributed by atoms with Gasteiger partial charge in [0.05, 0.1) is 5.88 Å². The van der Waals surface area contributed by atoms with Crippen LogP contribution >= 0.6 is 11.6 Å². The number of esters is 2. The quantitative estimate of drug-likeness (QED) is 0.478. The molecule has 0 amide bonds. The number of carbonyl (C=O) groups excluding carboxylic acids is 2. The van der Waals surface area contributed by atoms with Gasteiger partial charge in [-0.15, -0.1) is 11.6 Å². The molecule has 0 aliphatic rings. The van der Waals surface area contributed by atoms with Crippen molar-refractivity contribution in [1.29, 1.82) is 0 Å². The molecule has 70 valence electrons. The van der Waals surface area contributed by atoms with Gasteiger partial charge in [-0.25, -0.2) is 4.79 Å². The van der Waals surface area contributed by atoms with Crippen LogP contribution in [0.1, 0.15) is 13.3 Å². The minimum Gasteiger partial charge on any atom is -0.462 e. The number of ether oxygens (including phenoxy) is 2. The molecule has 12 heavy (non-hydrogen) atoms. The van der Waals surface area contributed by atoms with Crippen LogP contribution in [0.5, 0.6) is 0 Å². The fourth-order valence-electron chi connectivity index (χ4n) is 0.436. The molecule has 0 fully saturated rings. The van der Waals surface area contributed by atoms with Gasteiger partial charge in [0.15, 0.2) is 6.61 Å². The standard InChI is InChI=1S/C7H11ClO4/c1-2-6(9)12-5-7(10)11-4-3-8/h2-5H2,1H3. The van der Waals surface area contributed by atoms with Crippen molar-refractivity contribution in [1.82, 2.24) is 0 Å². The van der Waals surface area contributed by atoms with Crippen LogP contribution in [0.25, 0.3) is 0 Å². The average Bonchev–Trinajstić information content (AvgIpc) is 2.10. The largest absolute Gasteiger partial charge is 0.462 e. The van der Waals surface area contributed by atoms with E-state index in [4.69, 9.17) is 11.6 Å². The Hall–Kier alpha value is -0.770. The normalized spacial score (nSPS) is 9.17. The predicted octanol–water partition coefficient (Wildman–Crippen LogP) is 0.722. The van der Waals surface area contributed by atoms with E-state index in [0.717, 1.165) is 0 Å². The van der Waals surface area contributed by atoms with Crippen molar-refractivity contribution in [2.24, 2.45) is 0 Å². The number of alkyl halides is 1. The summed E-state index contributed by atoms with van der Waals surface area (Å²) in [7, 11) is 0. The number of hydrogen-bond donors (Lipinski definition) is 0. The Balaban J connectivity index is 3.37. The molecule has 0 spiro atoms. The van der Waals surface area contributed by atoms with Gasteiger partial charge in [-0.3, -0.25) is 4.79 Å². The number of hydrogen-bond acceptors (Lipinski definition) is 4. The summed E-state index contributed by atoms with van der Waals surface area (Å²) in [6.07, 6.45) is 0.253. The molecule has 0 saturated carbocycles. The van der Waals surface area contributed by atoms with Crippen molar-refractivity contribution in [2.45, 2.75) is 13.3 Å². The minimum atomic E-state index is -0.572. The lowest BCUT2D eigenvalue weighted by molar-refractivity contribution is -0.158. The Labute approximate surface area is 75.8 Å². The molecule has 0 bridgehead atoms. The fraction of sp³-hybridized carbons (Fsp3) is 0.714. The smallest absolute Gasteiger partial charge is 0.344 e. The molecule has 0 aromatic carbocycles. The van der Waals surface area contributed by atoms with E-state index in [1.807, 2.05) is 0 Å². The molecule has 0 saturated heterocycles. The Bertz CT molecular complexity index is 157. The molecule has 0 rings (SSSR count). The summed E-state index contributed by atoms with van der Waals surface area (Å²) < 4.78 is 9.03. The van der Waals surface area contributed by atoms with E-state index in [1.54, 1.807) is 6.92 Å². The maximum absolute atomic E-state index is 10.7. The lowest BCUT2D eigenvalue weighted by Gasteiger charge is -2.02. The fourth-order valence-corrected chi connectivity index (χ4v) is 0.513. The highest BCUT2D eigenvalue weighted by Gasteiger charge is 2.05. The third-order valence-corrected chi connectivity index (χ3v) is 1.13. The maximum Gasteiger partial charge on any atom is 0.344 e. The molecule has 0 aliphatic heterocycles. The van der Waals surface area contributed by atoms with Crippen LogP contribution in [0.4, 0.5) is 0 Å². The molecule has 0 unspecified atom stereocenters. The van der Waals surface area contributed by atoms with E-state index in [0.29, 0.717) is 0 Å². The zero-order valence-electron chi connectivity index (χ0n) is 6.84. The number of carbonyl (C=O) groups is 2. The second-order valence-corrected chi connectivity index (χ2v) is 2.30. The van der Waals surface area contributed by atoms with Crippen molar-refractivity contribution in [3.05, 3.63) is 0 Å². The number of halogens is 1. The van der Waals surface area contributed by atoms with Crippen LogP contribution in [-0.2, 0) is 19.1 Å². The first-order valence-corrected chi connectivity index (χ1v) is 4.11. The van der Waals surface area contributed by atoms with Crippen LogP contribution in [0, 0.1) is 0 Å². The van der Waals surface area contributed by atoms with Gasteiger partial charge >= 0.3 is 11.9 Å². The first-order chi connectivity index (χ1) is 5.70. The predicted molar refractivity (Wildman–Crippen MR) is 42.9 cm³/mol. The molecular weight excluding hydrogens is 184 g/mol. The van der Waals surface area contributed by atoms with Gasteiger partial charge < -0.3 is 9.47 Å². The van der Waals surface area contributed by atoms with Gasteiger partial charge in [-0.2, -0.15) is 0 Å². The molecule has 5 heteroatoms. The topological polar surface area (TPSA) is 52.6 Å². The van der Waals surface area contributed by atoms with Crippen LogP contribution < -0.4 is 0 Å². The molecule has 0 N–H and O–H groups in total. The average molecular weight is 195 g/mol. The summed E-state index contributed by atoms with van der Waals surface area (Å²) in [6, 6.07) is 0. The van der Waals surface area contributed by atoms with E-state index in [9.17, 15) is 9.59 Å². The first kappa shape index (κ1) is 11.2.